The Labute approximate surface area is 95.7 Å². The Morgan fingerprint density at radius 1 is 1.31 bits per heavy atom. The fourth-order valence-corrected chi connectivity index (χ4v) is 1.64. The maximum Gasteiger partial charge on any atom is 0.119 e. The van der Waals surface area contributed by atoms with Gasteiger partial charge in [0.15, 0.2) is 0 Å². The second-order valence-electron chi connectivity index (χ2n) is 3.65. The fraction of sp³-hybridized carbons (Fsp3) is 0.143. The molecule has 1 radical (unpaired) electrons. The van der Waals surface area contributed by atoms with Crippen molar-refractivity contribution in [2.24, 2.45) is 0 Å². The predicted octanol–water partition coefficient (Wildman–Crippen LogP) is 2.67. The third-order valence-electron chi connectivity index (χ3n) is 2.52. The summed E-state index contributed by atoms with van der Waals surface area (Å²) in [4.78, 5) is 0. The van der Waals surface area contributed by atoms with Crippen LogP contribution >= 0.6 is 0 Å². The van der Waals surface area contributed by atoms with Crippen molar-refractivity contribution in [3.63, 3.8) is 0 Å². The van der Waals surface area contributed by atoms with Crippen molar-refractivity contribution in [2.45, 2.75) is 6.42 Å². The van der Waals surface area contributed by atoms with E-state index in [1.807, 2.05) is 30.3 Å². The molecule has 0 aliphatic carbocycles. The van der Waals surface area contributed by atoms with Crippen LogP contribution in [0.4, 0.5) is 5.69 Å². The van der Waals surface area contributed by atoms with Gasteiger partial charge in [-0.2, -0.15) is 0 Å². The number of ether oxygens (including phenoxy) is 1. The van der Waals surface area contributed by atoms with Crippen molar-refractivity contribution in [1.82, 2.24) is 0 Å². The molecule has 2 aromatic carbocycles. The highest BCUT2D eigenvalue weighted by Gasteiger charge is 2.01. The molecule has 2 heteroatoms. The van der Waals surface area contributed by atoms with Crippen LogP contribution in [0.5, 0.6) is 5.75 Å². The quantitative estimate of drug-likeness (QED) is 0.794. The van der Waals surface area contributed by atoms with Crippen LogP contribution in [0.25, 0.3) is 0 Å². The lowest BCUT2D eigenvalue weighted by atomic mass is 10.0. The number of nitrogen functional groups attached to an aromatic ring is 1. The van der Waals surface area contributed by atoms with Gasteiger partial charge in [0, 0.05) is 5.69 Å². The summed E-state index contributed by atoms with van der Waals surface area (Å²) in [5.41, 5.74) is 8.97. The second-order valence-corrected chi connectivity index (χ2v) is 3.65. The molecule has 0 spiro atoms. The molecule has 2 aromatic rings. The maximum absolute atomic E-state index is 5.88. The van der Waals surface area contributed by atoms with Gasteiger partial charge in [-0.05, 0) is 41.8 Å². The largest absolute Gasteiger partial charge is 0.497 e. The number of rotatable bonds is 3. The summed E-state index contributed by atoms with van der Waals surface area (Å²) >= 11 is 0. The molecular formula is C14H14NO. The standard InChI is InChI=1S/C14H14NO/c1-16-13-7-4-5-11(10-13)9-12-6-2-3-8-14(12)15/h2,4-8,10H,9,15H2,1H3. The topological polar surface area (TPSA) is 35.2 Å². The summed E-state index contributed by atoms with van der Waals surface area (Å²) in [6, 6.07) is 16.7. The number of benzene rings is 2. The van der Waals surface area contributed by atoms with Gasteiger partial charge in [-0.25, -0.2) is 0 Å². The highest BCUT2D eigenvalue weighted by molar-refractivity contribution is 5.48. The van der Waals surface area contributed by atoms with Crippen molar-refractivity contribution < 1.29 is 4.74 Å². The molecule has 0 heterocycles. The molecule has 2 rings (SSSR count). The van der Waals surface area contributed by atoms with Crippen molar-refractivity contribution >= 4 is 5.69 Å². The zero-order valence-electron chi connectivity index (χ0n) is 9.23. The van der Waals surface area contributed by atoms with E-state index >= 15 is 0 Å². The van der Waals surface area contributed by atoms with Crippen LogP contribution in [0.1, 0.15) is 11.1 Å². The Hall–Kier alpha value is -1.96. The first-order valence-electron chi connectivity index (χ1n) is 5.17. The average molecular weight is 212 g/mol. The first kappa shape index (κ1) is 10.6. The van der Waals surface area contributed by atoms with E-state index in [-0.39, 0.29) is 0 Å². The zero-order chi connectivity index (χ0) is 11.4. The van der Waals surface area contributed by atoms with E-state index in [0.29, 0.717) is 0 Å². The maximum atomic E-state index is 5.88. The van der Waals surface area contributed by atoms with E-state index in [0.717, 1.165) is 23.4 Å². The molecule has 0 bridgehead atoms. The van der Waals surface area contributed by atoms with Crippen molar-refractivity contribution in [2.75, 3.05) is 12.8 Å². The number of methoxy groups -OCH3 is 1. The van der Waals surface area contributed by atoms with Gasteiger partial charge in [0.05, 0.1) is 7.11 Å². The van der Waals surface area contributed by atoms with Crippen molar-refractivity contribution in [3.8, 4) is 5.75 Å². The summed E-state index contributed by atoms with van der Waals surface area (Å²) in [6.07, 6.45) is 0.817. The van der Waals surface area contributed by atoms with Crippen molar-refractivity contribution in [1.29, 1.82) is 0 Å². The summed E-state index contributed by atoms with van der Waals surface area (Å²) in [5.74, 6) is 0.874. The highest BCUT2D eigenvalue weighted by Crippen LogP contribution is 2.19. The minimum absolute atomic E-state index is 0.783. The van der Waals surface area contributed by atoms with Crippen LogP contribution < -0.4 is 10.5 Å². The van der Waals surface area contributed by atoms with E-state index in [4.69, 9.17) is 10.5 Å². The van der Waals surface area contributed by atoms with Gasteiger partial charge in [0.2, 0.25) is 0 Å². The Balaban J connectivity index is 2.24. The van der Waals surface area contributed by atoms with Gasteiger partial charge < -0.3 is 10.5 Å². The van der Waals surface area contributed by atoms with Gasteiger partial charge in [-0.3, -0.25) is 0 Å². The molecule has 2 nitrogen and oxygen atoms in total. The van der Waals surface area contributed by atoms with Gasteiger partial charge in [-0.1, -0.05) is 24.3 Å². The number of anilines is 1. The molecule has 0 atom stereocenters. The Morgan fingerprint density at radius 2 is 2.19 bits per heavy atom. The summed E-state index contributed by atoms with van der Waals surface area (Å²) < 4.78 is 5.19. The highest BCUT2D eigenvalue weighted by atomic mass is 16.5. The molecule has 0 saturated carbocycles. The molecule has 0 amide bonds. The van der Waals surface area contributed by atoms with Crippen LogP contribution in [-0.2, 0) is 6.42 Å². The second kappa shape index (κ2) is 4.71. The SMILES string of the molecule is COc1cccc(Cc2cc[c]cc2N)c1. The van der Waals surface area contributed by atoms with Crippen LogP contribution in [0.3, 0.4) is 0 Å². The molecule has 0 saturated heterocycles. The summed E-state index contributed by atoms with van der Waals surface area (Å²) in [6.45, 7) is 0. The van der Waals surface area contributed by atoms with Gasteiger partial charge in [0.1, 0.15) is 5.75 Å². The van der Waals surface area contributed by atoms with Gasteiger partial charge in [0.25, 0.3) is 0 Å². The van der Waals surface area contributed by atoms with Crippen LogP contribution in [-0.4, -0.2) is 7.11 Å². The van der Waals surface area contributed by atoms with E-state index < -0.39 is 0 Å². The predicted molar refractivity (Wildman–Crippen MR) is 65.5 cm³/mol. The molecule has 0 aliphatic heterocycles. The third-order valence-corrected chi connectivity index (χ3v) is 2.52. The molecule has 16 heavy (non-hydrogen) atoms. The number of hydrogen-bond acceptors (Lipinski definition) is 2. The first-order valence-corrected chi connectivity index (χ1v) is 5.17. The summed E-state index contributed by atoms with van der Waals surface area (Å²) in [7, 11) is 1.67. The Kier molecular flexibility index (Phi) is 3.10. The third kappa shape index (κ3) is 2.34. The zero-order valence-corrected chi connectivity index (χ0v) is 9.23. The van der Waals surface area contributed by atoms with Crippen molar-refractivity contribution in [3.05, 3.63) is 59.7 Å². The minimum atomic E-state index is 0.783. The first-order chi connectivity index (χ1) is 7.79. The lowest BCUT2D eigenvalue weighted by Crippen LogP contribution is -1.95. The van der Waals surface area contributed by atoms with E-state index in [2.05, 4.69) is 12.1 Å². The number of hydrogen-bond donors (Lipinski definition) is 1. The lowest BCUT2D eigenvalue weighted by molar-refractivity contribution is 0.414. The average Bonchev–Trinajstić information content (AvgIpc) is 2.32. The van der Waals surface area contributed by atoms with Gasteiger partial charge in [-0.15, -0.1) is 0 Å². The van der Waals surface area contributed by atoms with Crippen LogP contribution in [0.15, 0.2) is 42.5 Å². The number of nitrogens with two attached hydrogens (primary N) is 1. The van der Waals surface area contributed by atoms with E-state index in [9.17, 15) is 0 Å². The summed E-state index contributed by atoms with van der Waals surface area (Å²) in [5, 5.41) is 0. The molecule has 81 valence electrons. The smallest absolute Gasteiger partial charge is 0.119 e. The Morgan fingerprint density at radius 3 is 2.94 bits per heavy atom. The molecule has 0 unspecified atom stereocenters. The normalized spacial score (nSPS) is 10.1. The fourth-order valence-electron chi connectivity index (χ4n) is 1.64. The van der Waals surface area contributed by atoms with Crippen LogP contribution in [0.2, 0.25) is 0 Å². The van der Waals surface area contributed by atoms with E-state index in [1.165, 1.54) is 5.56 Å². The lowest BCUT2D eigenvalue weighted by Gasteiger charge is -2.06. The molecular weight excluding hydrogens is 198 g/mol. The van der Waals surface area contributed by atoms with Gasteiger partial charge >= 0.3 is 0 Å². The molecule has 0 fully saturated rings. The van der Waals surface area contributed by atoms with E-state index in [1.54, 1.807) is 13.2 Å². The monoisotopic (exact) mass is 212 g/mol. The molecule has 0 aliphatic rings. The molecule has 0 aromatic heterocycles. The van der Waals surface area contributed by atoms with Crippen LogP contribution in [0, 0.1) is 6.07 Å². The minimum Gasteiger partial charge on any atom is -0.497 e. The Bertz CT molecular complexity index is 480. The molecule has 2 N–H and O–H groups in total.